The van der Waals surface area contributed by atoms with Crippen LogP contribution < -0.4 is 4.74 Å². The Hall–Kier alpha value is -4.34. The van der Waals surface area contributed by atoms with Crippen LogP contribution in [0.4, 0.5) is 0 Å². The van der Waals surface area contributed by atoms with Crippen molar-refractivity contribution < 1.29 is 29.0 Å². The first kappa shape index (κ1) is 25.7. The number of rotatable bonds is 9. The van der Waals surface area contributed by atoms with Gasteiger partial charge in [-0.1, -0.05) is 12.1 Å². The lowest BCUT2D eigenvalue weighted by atomic mass is 9.94. The molecule has 0 saturated carbocycles. The van der Waals surface area contributed by atoms with Crippen LogP contribution in [-0.4, -0.2) is 62.5 Å². The van der Waals surface area contributed by atoms with Crippen LogP contribution in [0.5, 0.6) is 5.75 Å². The number of nitrogens with one attached hydrogen (secondary N) is 1. The largest absolute Gasteiger partial charge is 0.507 e. The first-order chi connectivity index (χ1) is 17.8. The number of hydrogen-bond acceptors (Lipinski definition) is 7. The number of aromatic amines is 1. The molecule has 1 saturated heterocycles. The second kappa shape index (κ2) is 10.7. The van der Waals surface area contributed by atoms with E-state index in [1.165, 1.54) is 4.90 Å². The number of likely N-dealkylation sites (tertiary alicyclic amines) is 1. The molecule has 1 aliphatic heterocycles. The third-order valence-electron chi connectivity index (χ3n) is 6.50. The number of aliphatic hydroxyl groups is 1. The highest BCUT2D eigenvalue weighted by Crippen LogP contribution is 2.41. The molecule has 37 heavy (non-hydrogen) atoms. The van der Waals surface area contributed by atoms with E-state index < -0.39 is 23.7 Å². The number of ketones is 1. The zero-order chi connectivity index (χ0) is 26.7. The van der Waals surface area contributed by atoms with Crippen LogP contribution in [0.15, 0.2) is 48.6 Å². The van der Waals surface area contributed by atoms with E-state index in [0.29, 0.717) is 41.1 Å². The first-order valence-electron chi connectivity index (χ1n) is 12.0. The molecule has 0 spiro atoms. The maximum Gasteiger partial charge on any atom is 0.355 e. The van der Waals surface area contributed by atoms with E-state index in [9.17, 15) is 19.5 Å². The van der Waals surface area contributed by atoms with E-state index in [1.54, 1.807) is 64.7 Å². The highest BCUT2D eigenvalue weighted by atomic mass is 16.5. The van der Waals surface area contributed by atoms with Crippen LogP contribution in [0, 0.1) is 13.8 Å². The molecule has 1 atom stereocenters. The van der Waals surface area contributed by atoms with Gasteiger partial charge in [0.05, 0.1) is 31.7 Å². The summed E-state index contributed by atoms with van der Waals surface area (Å²) >= 11 is 0. The van der Waals surface area contributed by atoms with Gasteiger partial charge in [-0.3, -0.25) is 9.59 Å². The number of ether oxygens (including phenoxy) is 2. The van der Waals surface area contributed by atoms with Crippen molar-refractivity contribution >= 4 is 23.4 Å². The third-order valence-corrected chi connectivity index (χ3v) is 6.50. The predicted molar refractivity (Wildman–Crippen MR) is 135 cm³/mol. The van der Waals surface area contributed by atoms with Crippen LogP contribution in [0.2, 0.25) is 0 Å². The number of benzene rings is 1. The van der Waals surface area contributed by atoms with Crippen molar-refractivity contribution in [2.75, 3.05) is 20.3 Å². The Kier molecular flexibility index (Phi) is 7.47. The number of nitrogens with zero attached hydrogens (tertiary/aromatic N) is 3. The molecular formula is C27H30N4O6. The molecule has 1 amide bonds. The quantitative estimate of drug-likeness (QED) is 0.197. The van der Waals surface area contributed by atoms with Gasteiger partial charge in [-0.05, 0) is 50.5 Å². The molecule has 0 bridgehead atoms. The molecule has 3 heterocycles. The molecule has 1 aliphatic rings. The summed E-state index contributed by atoms with van der Waals surface area (Å²) in [7, 11) is 1.55. The molecule has 0 radical (unpaired) electrons. The van der Waals surface area contributed by atoms with Crippen LogP contribution in [0.3, 0.4) is 0 Å². The smallest absolute Gasteiger partial charge is 0.355 e. The number of methoxy groups -OCH3 is 1. The third kappa shape index (κ3) is 4.87. The molecule has 0 unspecified atom stereocenters. The van der Waals surface area contributed by atoms with Crippen LogP contribution in [0.25, 0.3) is 5.76 Å². The number of imidazole rings is 1. The average Bonchev–Trinajstić information content (AvgIpc) is 3.57. The van der Waals surface area contributed by atoms with Crippen molar-refractivity contribution in [1.82, 2.24) is 19.4 Å². The summed E-state index contributed by atoms with van der Waals surface area (Å²) < 4.78 is 12.3. The number of aromatic nitrogens is 3. The average molecular weight is 507 g/mol. The van der Waals surface area contributed by atoms with Gasteiger partial charge >= 0.3 is 5.97 Å². The zero-order valence-corrected chi connectivity index (χ0v) is 21.3. The van der Waals surface area contributed by atoms with Gasteiger partial charge in [-0.2, -0.15) is 0 Å². The van der Waals surface area contributed by atoms with E-state index in [0.717, 1.165) is 0 Å². The number of aliphatic hydroxyl groups excluding tert-OH is 1. The summed E-state index contributed by atoms with van der Waals surface area (Å²) in [6, 6.07) is 6.21. The molecule has 2 N–H and O–H groups in total. The van der Waals surface area contributed by atoms with Gasteiger partial charge in [0, 0.05) is 36.7 Å². The fraction of sp³-hybridized carbons (Fsp3) is 0.333. The monoisotopic (exact) mass is 506 g/mol. The summed E-state index contributed by atoms with van der Waals surface area (Å²) in [5, 5.41) is 11.5. The molecular weight excluding hydrogens is 476 g/mol. The molecule has 1 fully saturated rings. The number of H-pyrrole nitrogens is 1. The first-order valence-corrected chi connectivity index (χ1v) is 12.0. The van der Waals surface area contributed by atoms with Gasteiger partial charge < -0.3 is 29.0 Å². The fourth-order valence-corrected chi connectivity index (χ4v) is 4.73. The molecule has 194 valence electrons. The molecule has 10 heteroatoms. The van der Waals surface area contributed by atoms with E-state index in [1.807, 2.05) is 10.8 Å². The van der Waals surface area contributed by atoms with Gasteiger partial charge in [0.25, 0.3) is 11.7 Å². The molecule has 0 aliphatic carbocycles. The SMILES string of the molecule is CCOC(=O)c1[nH]c(C)c(C(O)=C2C(=O)C(=O)N(CCCn3ccnc3)[C@H]2c2ccc(OC)cc2)c1C. The highest BCUT2D eigenvalue weighted by Gasteiger charge is 2.46. The second-order valence-corrected chi connectivity index (χ2v) is 8.77. The Labute approximate surface area is 214 Å². The lowest BCUT2D eigenvalue weighted by Gasteiger charge is -2.25. The minimum absolute atomic E-state index is 0.0293. The summed E-state index contributed by atoms with van der Waals surface area (Å²) in [6.07, 6.45) is 5.77. The summed E-state index contributed by atoms with van der Waals surface area (Å²) in [5.41, 5.74) is 2.04. The Morgan fingerprint density at radius 2 is 1.89 bits per heavy atom. The van der Waals surface area contributed by atoms with Gasteiger partial charge in [-0.15, -0.1) is 0 Å². The molecule has 2 aromatic heterocycles. The van der Waals surface area contributed by atoms with E-state index >= 15 is 0 Å². The Morgan fingerprint density at radius 3 is 2.51 bits per heavy atom. The van der Waals surface area contributed by atoms with Gasteiger partial charge in [0.2, 0.25) is 0 Å². The molecule has 10 nitrogen and oxygen atoms in total. The Balaban J connectivity index is 1.78. The van der Waals surface area contributed by atoms with E-state index in [2.05, 4.69) is 9.97 Å². The van der Waals surface area contributed by atoms with Crippen LogP contribution in [0.1, 0.15) is 52.3 Å². The number of hydrogen-bond donors (Lipinski definition) is 2. The normalized spacial score (nSPS) is 16.9. The maximum atomic E-state index is 13.3. The maximum absolute atomic E-state index is 13.3. The van der Waals surface area contributed by atoms with Crippen molar-refractivity contribution in [3.63, 3.8) is 0 Å². The number of carbonyl (C=O) groups excluding carboxylic acids is 3. The van der Waals surface area contributed by atoms with Crippen LogP contribution in [-0.2, 0) is 20.9 Å². The standard InChI is InChI=1S/C27H30N4O6/c1-5-37-27(35)22-16(2)20(17(3)29-22)24(32)21-23(18-7-9-19(36-4)10-8-18)31(26(34)25(21)33)13-6-12-30-14-11-28-15-30/h7-11,14-15,23,29,32H,5-6,12-13H2,1-4H3/t23-/m0/s1. The lowest BCUT2D eigenvalue weighted by Crippen LogP contribution is -2.31. The predicted octanol–water partition coefficient (Wildman–Crippen LogP) is 3.53. The molecule has 4 rings (SSSR count). The minimum atomic E-state index is -0.812. The van der Waals surface area contributed by atoms with E-state index in [-0.39, 0.29) is 30.2 Å². The number of carbonyl (C=O) groups is 3. The number of esters is 1. The van der Waals surface area contributed by atoms with Crippen molar-refractivity contribution in [3.8, 4) is 5.75 Å². The Morgan fingerprint density at radius 1 is 1.16 bits per heavy atom. The van der Waals surface area contributed by atoms with Crippen molar-refractivity contribution in [2.24, 2.45) is 0 Å². The van der Waals surface area contributed by atoms with Gasteiger partial charge in [0.15, 0.2) is 0 Å². The topological polar surface area (TPSA) is 127 Å². The number of Topliss-reactive ketones (excluding diaryl/α,β-unsaturated/α-hetero) is 1. The zero-order valence-electron chi connectivity index (χ0n) is 21.3. The van der Waals surface area contributed by atoms with Gasteiger partial charge in [-0.25, -0.2) is 9.78 Å². The number of aryl methyl sites for hydroxylation is 2. The van der Waals surface area contributed by atoms with Crippen molar-refractivity contribution in [3.05, 3.63) is 76.6 Å². The van der Waals surface area contributed by atoms with E-state index in [4.69, 9.17) is 9.47 Å². The summed E-state index contributed by atoms with van der Waals surface area (Å²) in [4.78, 5) is 47.4. The highest BCUT2D eigenvalue weighted by molar-refractivity contribution is 6.46. The number of amides is 1. The minimum Gasteiger partial charge on any atom is -0.507 e. The molecule has 1 aromatic carbocycles. The van der Waals surface area contributed by atoms with Crippen molar-refractivity contribution in [2.45, 2.75) is 39.8 Å². The summed E-state index contributed by atoms with van der Waals surface area (Å²) in [6.45, 7) is 6.14. The second-order valence-electron chi connectivity index (χ2n) is 8.77. The molecule has 3 aromatic rings. The lowest BCUT2D eigenvalue weighted by molar-refractivity contribution is -0.139. The van der Waals surface area contributed by atoms with Crippen molar-refractivity contribution in [1.29, 1.82) is 0 Å². The van der Waals surface area contributed by atoms with Crippen LogP contribution >= 0.6 is 0 Å². The summed E-state index contributed by atoms with van der Waals surface area (Å²) in [5.74, 6) is -1.74. The van der Waals surface area contributed by atoms with Gasteiger partial charge in [0.1, 0.15) is 17.2 Å². The fourth-order valence-electron chi connectivity index (χ4n) is 4.73. The Bertz CT molecular complexity index is 1340.